The van der Waals surface area contributed by atoms with Crippen LogP contribution in [0.4, 0.5) is 0 Å². The van der Waals surface area contributed by atoms with Gasteiger partial charge in [-0.1, -0.05) is 12.1 Å². The zero-order chi connectivity index (χ0) is 55.0. The Morgan fingerprint density at radius 1 is 0.592 bits per heavy atom. The molecule has 0 amide bonds. The van der Waals surface area contributed by atoms with E-state index in [2.05, 4.69) is 4.74 Å². The van der Waals surface area contributed by atoms with Crippen molar-refractivity contribution < 1.29 is 139 Å². The van der Waals surface area contributed by atoms with Crippen LogP contribution in [-0.2, 0) is 38.0 Å². The number of carbonyl (C=O) groups is 1. The highest BCUT2D eigenvalue weighted by atomic mass is 16.7. The third-order valence-corrected chi connectivity index (χ3v) is 13.2. The maximum atomic E-state index is 12.5. The van der Waals surface area contributed by atoms with Gasteiger partial charge in [0.15, 0.2) is 23.5 Å². The number of phenolic OH excluding ortho intramolecular Hbond substituents is 4. The summed E-state index contributed by atoms with van der Waals surface area (Å²) < 4.78 is 55.5. The van der Waals surface area contributed by atoms with Crippen LogP contribution < -0.4 is 9.47 Å². The minimum atomic E-state index is -2.06. The molecule has 0 radical (unpaired) electrons. The molecule has 3 aromatic carbocycles. The number of ether oxygens (including phenoxy) is 10. The molecule has 8 rings (SSSR count). The SMILES string of the molecule is CC1OC(OCC2OC(OC3=Cc4c(O)cc(OC5OC(COC(=O)C=Cc6ccc(O)cc6)C(O)C(O)C5O)cc4[OH+]C3c3cc(O)c(O)c(OC4OC(CO)C(O)C(O)C4O)c3)C(O)C(O)C2O)C(O)C(O)C1O. The molecule has 0 spiro atoms. The van der Waals surface area contributed by atoms with Gasteiger partial charge in [-0.3, -0.25) is 0 Å². The van der Waals surface area contributed by atoms with Crippen molar-refractivity contribution in [2.24, 2.45) is 0 Å². The zero-order valence-corrected chi connectivity index (χ0v) is 39.7. The Hall–Kier alpha value is -5.71. The van der Waals surface area contributed by atoms with Crippen LogP contribution in [0.2, 0.25) is 0 Å². The Morgan fingerprint density at radius 3 is 1.78 bits per heavy atom. The van der Waals surface area contributed by atoms with Gasteiger partial charge in [0.1, 0.15) is 121 Å². The number of aliphatic hydroxyl groups excluding tert-OH is 13. The first-order chi connectivity index (χ1) is 36.0. The molecule has 5 aliphatic rings. The molecule has 5 aliphatic heterocycles. The van der Waals surface area contributed by atoms with E-state index in [4.69, 9.17) is 42.6 Å². The first-order valence-electron chi connectivity index (χ1n) is 23.5. The van der Waals surface area contributed by atoms with Crippen LogP contribution in [0.25, 0.3) is 12.2 Å². The van der Waals surface area contributed by atoms with Crippen molar-refractivity contribution in [1.82, 2.24) is 0 Å². The van der Waals surface area contributed by atoms with Gasteiger partial charge in [-0.25, -0.2) is 4.79 Å². The average molecular weight is 1080 g/mol. The lowest BCUT2D eigenvalue weighted by atomic mass is 9.98. The lowest BCUT2D eigenvalue weighted by Crippen LogP contribution is -2.61. The molecule has 28 nitrogen and oxygen atoms in total. The van der Waals surface area contributed by atoms with Gasteiger partial charge in [-0.05, 0) is 42.8 Å². The van der Waals surface area contributed by atoms with Crippen molar-refractivity contribution in [2.45, 2.75) is 136 Å². The number of benzene rings is 3. The number of hydrogen-bond acceptors (Lipinski definition) is 27. The van der Waals surface area contributed by atoms with E-state index in [0.29, 0.717) is 5.56 Å². The first-order valence-corrected chi connectivity index (χ1v) is 23.5. The Balaban J connectivity index is 1.07. The predicted octanol–water partition coefficient (Wildman–Crippen LogP) is -4.86. The Bertz CT molecular complexity index is 2540. The number of rotatable bonds is 15. The normalized spacial score (nSPS) is 37.6. The van der Waals surface area contributed by atoms with E-state index in [1.54, 1.807) is 0 Å². The molecule has 4 fully saturated rings. The van der Waals surface area contributed by atoms with Crippen molar-refractivity contribution in [3.05, 3.63) is 77.1 Å². The molecule has 21 unspecified atom stereocenters. The molecular formula is C48H59O28+. The molecule has 21 atom stereocenters. The lowest BCUT2D eigenvalue weighted by molar-refractivity contribution is -0.325. The summed E-state index contributed by atoms with van der Waals surface area (Å²) in [6.45, 7) is -0.802. The summed E-state index contributed by atoms with van der Waals surface area (Å²) in [4.78, 5) is 12.5. The van der Waals surface area contributed by atoms with Gasteiger partial charge in [0, 0.05) is 18.2 Å². The van der Waals surface area contributed by atoms with Gasteiger partial charge in [-0.15, -0.1) is 0 Å². The summed E-state index contributed by atoms with van der Waals surface area (Å²) in [5.74, 6) is -4.85. The number of phenols is 4. The molecule has 4 saturated heterocycles. The minimum Gasteiger partial charge on any atom is -0.571 e. The monoisotopic (exact) mass is 1080 g/mol. The van der Waals surface area contributed by atoms with Gasteiger partial charge >= 0.3 is 5.97 Å². The summed E-state index contributed by atoms with van der Waals surface area (Å²) in [5.41, 5.74) is 0.227. The van der Waals surface area contributed by atoms with E-state index < -0.39 is 178 Å². The standard InChI is InChI=1S/C48H58O28/c1-16-31(54)36(59)40(63)45(69-16)68-15-29-35(58)39(62)43(66)48(76-29)73-26-12-21-22(51)10-20(70-46-41(64)38(61)34(57)28(75-46)14-67-30(53)7-4-17-2-5-19(50)6-3-17)11-24(21)71-44(26)18-8-23(52)32(55)25(9-18)72-47-42(65)37(60)33(56)27(13-49)74-47/h2-12,16,27-29,31,33-52,54-66H,13-15H2,1H3/p+1. The molecule has 418 valence electrons. The number of fused-ring (bicyclic) bond motifs is 1. The third kappa shape index (κ3) is 11.9. The topological polar surface area (TPSA) is 457 Å². The first kappa shape index (κ1) is 56.5. The molecule has 0 saturated carbocycles. The smallest absolute Gasteiger partial charge is 0.330 e. The van der Waals surface area contributed by atoms with Gasteiger partial charge in [0.25, 0.3) is 11.9 Å². The summed E-state index contributed by atoms with van der Waals surface area (Å²) in [7, 11) is 0. The van der Waals surface area contributed by atoms with Crippen molar-refractivity contribution in [3.8, 4) is 40.2 Å². The van der Waals surface area contributed by atoms with Crippen LogP contribution in [0.3, 0.4) is 0 Å². The van der Waals surface area contributed by atoms with Crippen LogP contribution in [0.15, 0.2) is 60.4 Å². The number of hydrogen-bond donors (Lipinski definition) is 17. The van der Waals surface area contributed by atoms with E-state index in [9.17, 15) is 91.6 Å². The van der Waals surface area contributed by atoms with Gasteiger partial charge < -0.3 is 134 Å². The average Bonchev–Trinajstić information content (AvgIpc) is 3.40. The molecule has 0 bridgehead atoms. The fourth-order valence-corrected chi connectivity index (χ4v) is 8.71. The number of aromatic hydroxyl groups is 5. The Morgan fingerprint density at radius 2 is 1.14 bits per heavy atom. The van der Waals surface area contributed by atoms with Crippen molar-refractivity contribution in [3.63, 3.8) is 0 Å². The van der Waals surface area contributed by atoms with Gasteiger partial charge in [-0.2, -0.15) is 0 Å². The fourth-order valence-electron chi connectivity index (χ4n) is 8.71. The molecule has 0 aromatic heterocycles. The highest BCUT2D eigenvalue weighted by molar-refractivity contribution is 5.87. The molecule has 28 heteroatoms. The molecule has 5 heterocycles. The number of carbonyl (C=O) groups excluding carboxylic acids is 1. The number of aliphatic hydroxyl groups is 14. The molecule has 76 heavy (non-hydrogen) atoms. The largest absolute Gasteiger partial charge is 0.571 e. The fraction of sp³-hybridized carbons (Fsp3) is 0.521. The Kier molecular flexibility index (Phi) is 17.5. The predicted molar refractivity (Wildman–Crippen MR) is 246 cm³/mol. The maximum absolute atomic E-state index is 12.5. The van der Waals surface area contributed by atoms with Crippen LogP contribution in [0, 0.1) is 0 Å². The second kappa shape index (κ2) is 23.5. The van der Waals surface area contributed by atoms with Crippen molar-refractivity contribution >= 4 is 18.1 Å². The second-order valence-electron chi connectivity index (χ2n) is 18.5. The van der Waals surface area contributed by atoms with Gasteiger partial charge in [0.2, 0.25) is 24.6 Å². The zero-order valence-electron chi connectivity index (χ0n) is 39.7. The summed E-state index contributed by atoms with van der Waals surface area (Å²) >= 11 is 0. The quantitative estimate of drug-likeness (QED) is 0.0294. The maximum Gasteiger partial charge on any atom is 0.330 e. The Labute approximate surface area is 429 Å². The number of esters is 1. The lowest BCUT2D eigenvalue weighted by Gasteiger charge is -2.42. The van der Waals surface area contributed by atoms with Crippen molar-refractivity contribution in [2.75, 3.05) is 19.8 Å². The van der Waals surface area contributed by atoms with Crippen molar-refractivity contribution in [1.29, 1.82) is 0 Å². The molecule has 18 N–H and O–H groups in total. The minimum absolute atomic E-state index is 0.00177. The summed E-state index contributed by atoms with van der Waals surface area (Å²) in [5, 5.41) is 180. The van der Waals surface area contributed by atoms with E-state index >= 15 is 0 Å². The molecular weight excluding hydrogens is 1020 g/mol. The van der Waals surface area contributed by atoms with E-state index in [0.717, 1.165) is 30.4 Å². The van der Waals surface area contributed by atoms with Crippen LogP contribution in [-0.4, -0.2) is 240 Å². The van der Waals surface area contributed by atoms with Crippen LogP contribution in [0.5, 0.6) is 40.2 Å². The third-order valence-electron chi connectivity index (χ3n) is 13.2. The van der Waals surface area contributed by atoms with E-state index in [1.165, 1.54) is 43.3 Å². The highest BCUT2D eigenvalue weighted by Crippen LogP contribution is 2.49. The molecule has 3 aromatic rings. The summed E-state index contributed by atoms with van der Waals surface area (Å²) in [6.07, 6.45) is -33.1. The summed E-state index contributed by atoms with van der Waals surface area (Å²) in [6, 6.07) is 10.0. The van der Waals surface area contributed by atoms with E-state index in [-0.39, 0.29) is 34.1 Å². The van der Waals surface area contributed by atoms with E-state index in [1.807, 2.05) is 0 Å². The second-order valence-corrected chi connectivity index (χ2v) is 18.5. The van der Waals surface area contributed by atoms with Gasteiger partial charge in [0.05, 0.1) is 30.9 Å². The highest BCUT2D eigenvalue weighted by Gasteiger charge is 2.50. The van der Waals surface area contributed by atoms with Crippen LogP contribution in [0.1, 0.15) is 29.7 Å². The van der Waals surface area contributed by atoms with Crippen LogP contribution >= 0.6 is 0 Å². The molecule has 0 aliphatic carbocycles.